The lowest BCUT2D eigenvalue weighted by atomic mass is 10.1. The van der Waals surface area contributed by atoms with Crippen LogP contribution in [0.15, 0.2) is 64.3 Å². The monoisotopic (exact) mass is 329 g/mol. The van der Waals surface area contributed by atoms with Gasteiger partial charge in [0.1, 0.15) is 5.82 Å². The maximum atomic E-state index is 13.5. The topological polar surface area (TPSA) is 30.0 Å². The number of hydrogen-bond acceptors (Lipinski definition) is 4. The molecule has 0 amide bonds. The number of halogens is 1. The van der Waals surface area contributed by atoms with E-state index in [4.69, 9.17) is 0 Å². The van der Waals surface area contributed by atoms with Crippen molar-refractivity contribution in [3.63, 3.8) is 0 Å². The highest BCUT2D eigenvalue weighted by Crippen LogP contribution is 2.28. The van der Waals surface area contributed by atoms with Gasteiger partial charge >= 0.3 is 0 Å². The van der Waals surface area contributed by atoms with E-state index >= 15 is 0 Å². The van der Waals surface area contributed by atoms with Gasteiger partial charge in [0, 0.05) is 10.9 Å². The van der Waals surface area contributed by atoms with Crippen molar-refractivity contribution in [3.8, 4) is 11.3 Å². The maximum Gasteiger partial charge on any atom is 0.176 e. The van der Waals surface area contributed by atoms with Gasteiger partial charge in [0.05, 0.1) is 17.0 Å². The Kier molecular flexibility index (Phi) is 4.65. The van der Waals surface area contributed by atoms with Crippen molar-refractivity contribution in [2.24, 2.45) is 0 Å². The number of thiazole rings is 1. The molecule has 0 fully saturated rings. The first-order chi connectivity index (χ1) is 10.7. The molecule has 110 valence electrons. The fourth-order valence-electron chi connectivity index (χ4n) is 1.96. The molecule has 0 atom stereocenters. The molecule has 2 nitrogen and oxygen atoms in total. The number of aromatic nitrogens is 1. The van der Waals surface area contributed by atoms with E-state index in [0.29, 0.717) is 0 Å². The molecule has 0 spiro atoms. The second-order valence-electron chi connectivity index (χ2n) is 4.56. The van der Waals surface area contributed by atoms with E-state index in [-0.39, 0.29) is 17.1 Å². The fraction of sp³-hybridized carbons (Fsp3) is 0.0588. The maximum absolute atomic E-state index is 13.5. The molecule has 0 unspecified atom stereocenters. The van der Waals surface area contributed by atoms with Crippen LogP contribution in [0, 0.1) is 5.82 Å². The van der Waals surface area contributed by atoms with E-state index < -0.39 is 5.82 Å². The summed E-state index contributed by atoms with van der Waals surface area (Å²) in [5.74, 6) is -0.514. The molecular formula is C17H12FNOS2. The lowest BCUT2D eigenvalue weighted by Gasteiger charge is -2.00. The Bertz CT molecular complexity index is 786. The van der Waals surface area contributed by atoms with Gasteiger partial charge in [-0.3, -0.25) is 4.79 Å². The summed E-state index contributed by atoms with van der Waals surface area (Å²) >= 11 is 2.83. The van der Waals surface area contributed by atoms with E-state index in [0.717, 1.165) is 15.6 Å². The Morgan fingerprint density at radius 1 is 1.09 bits per heavy atom. The van der Waals surface area contributed by atoms with Gasteiger partial charge in [0.25, 0.3) is 0 Å². The molecule has 22 heavy (non-hydrogen) atoms. The van der Waals surface area contributed by atoms with Crippen molar-refractivity contribution in [1.82, 2.24) is 4.98 Å². The number of carbonyl (C=O) groups is 1. The standard InChI is InChI=1S/C17H12FNOS2/c18-14-9-5-4-8-13(14)16(20)11-22-17-19-15(10-21-17)12-6-2-1-3-7-12/h1-10H,11H2. The summed E-state index contributed by atoms with van der Waals surface area (Å²) in [6.45, 7) is 0. The first-order valence-electron chi connectivity index (χ1n) is 6.65. The smallest absolute Gasteiger partial charge is 0.176 e. The van der Waals surface area contributed by atoms with Crippen LogP contribution in [-0.4, -0.2) is 16.5 Å². The van der Waals surface area contributed by atoms with Crippen LogP contribution in [0.4, 0.5) is 4.39 Å². The molecule has 0 aliphatic heterocycles. The molecule has 2 aromatic carbocycles. The molecule has 0 aliphatic rings. The summed E-state index contributed by atoms with van der Waals surface area (Å²) in [5, 5.41) is 1.96. The van der Waals surface area contributed by atoms with Crippen molar-refractivity contribution in [2.45, 2.75) is 4.34 Å². The summed E-state index contributed by atoms with van der Waals surface area (Å²) in [6.07, 6.45) is 0. The SMILES string of the molecule is O=C(CSc1nc(-c2ccccc2)cs1)c1ccccc1F. The zero-order valence-corrected chi connectivity index (χ0v) is 13.2. The number of ketones is 1. The molecule has 0 aliphatic carbocycles. The average Bonchev–Trinajstić information content (AvgIpc) is 3.03. The Hall–Kier alpha value is -1.98. The molecule has 3 aromatic rings. The van der Waals surface area contributed by atoms with Gasteiger partial charge < -0.3 is 0 Å². The molecule has 0 saturated heterocycles. The predicted octanol–water partition coefficient (Wildman–Crippen LogP) is 4.92. The lowest BCUT2D eigenvalue weighted by molar-refractivity contribution is 0.101. The predicted molar refractivity (Wildman–Crippen MR) is 89.0 cm³/mol. The quantitative estimate of drug-likeness (QED) is 0.491. The summed E-state index contributed by atoms with van der Waals surface area (Å²) in [6, 6.07) is 15.9. The number of hydrogen-bond donors (Lipinski definition) is 0. The third-order valence-corrected chi connectivity index (χ3v) is 5.07. The average molecular weight is 329 g/mol. The van der Waals surface area contributed by atoms with Crippen molar-refractivity contribution >= 4 is 28.9 Å². The van der Waals surface area contributed by atoms with Gasteiger partial charge in [-0.1, -0.05) is 54.2 Å². The molecule has 0 N–H and O–H groups in total. The molecule has 5 heteroatoms. The largest absolute Gasteiger partial charge is 0.293 e. The Labute approximate surface area is 136 Å². The van der Waals surface area contributed by atoms with Gasteiger partial charge in [-0.05, 0) is 12.1 Å². The van der Waals surface area contributed by atoms with Crippen LogP contribution in [0.5, 0.6) is 0 Å². The lowest BCUT2D eigenvalue weighted by Crippen LogP contribution is -2.04. The molecule has 1 heterocycles. The molecule has 0 bridgehead atoms. The Morgan fingerprint density at radius 2 is 1.82 bits per heavy atom. The van der Waals surface area contributed by atoms with E-state index in [2.05, 4.69) is 4.98 Å². The Balaban J connectivity index is 1.67. The van der Waals surface area contributed by atoms with Gasteiger partial charge in [-0.25, -0.2) is 9.37 Å². The van der Waals surface area contributed by atoms with Crippen LogP contribution >= 0.6 is 23.1 Å². The minimum absolute atomic E-state index is 0.134. The van der Waals surface area contributed by atoms with Crippen molar-refractivity contribution in [3.05, 3.63) is 71.4 Å². The molecule has 1 aromatic heterocycles. The van der Waals surface area contributed by atoms with Crippen molar-refractivity contribution in [1.29, 1.82) is 0 Å². The normalized spacial score (nSPS) is 10.6. The van der Waals surface area contributed by atoms with Crippen LogP contribution in [-0.2, 0) is 0 Å². The van der Waals surface area contributed by atoms with E-state index in [9.17, 15) is 9.18 Å². The summed E-state index contributed by atoms with van der Waals surface area (Å²) in [7, 11) is 0. The second-order valence-corrected chi connectivity index (χ2v) is 6.64. The molecule has 0 radical (unpaired) electrons. The molecule has 3 rings (SSSR count). The third-order valence-electron chi connectivity index (χ3n) is 3.05. The number of benzene rings is 2. The van der Waals surface area contributed by atoms with E-state index in [1.807, 2.05) is 35.7 Å². The van der Waals surface area contributed by atoms with Crippen molar-refractivity contribution in [2.75, 3.05) is 5.75 Å². The zero-order valence-electron chi connectivity index (χ0n) is 11.5. The second kappa shape index (κ2) is 6.85. The summed E-state index contributed by atoms with van der Waals surface area (Å²) in [5.41, 5.74) is 2.08. The Morgan fingerprint density at radius 3 is 2.59 bits per heavy atom. The van der Waals surface area contributed by atoms with Crippen LogP contribution in [0.1, 0.15) is 10.4 Å². The third kappa shape index (κ3) is 3.43. The highest BCUT2D eigenvalue weighted by molar-refractivity contribution is 8.01. The first-order valence-corrected chi connectivity index (χ1v) is 8.52. The van der Waals surface area contributed by atoms with E-state index in [1.54, 1.807) is 12.1 Å². The number of nitrogens with zero attached hydrogens (tertiary/aromatic N) is 1. The van der Waals surface area contributed by atoms with Crippen LogP contribution in [0.3, 0.4) is 0 Å². The minimum atomic E-state index is -0.475. The first kappa shape index (κ1) is 14.9. The van der Waals surface area contributed by atoms with Gasteiger partial charge in [-0.2, -0.15) is 0 Å². The van der Waals surface area contributed by atoms with Gasteiger partial charge in [-0.15, -0.1) is 11.3 Å². The minimum Gasteiger partial charge on any atom is -0.293 e. The van der Waals surface area contributed by atoms with Crippen molar-refractivity contribution < 1.29 is 9.18 Å². The fourth-order valence-corrected chi connectivity index (χ4v) is 3.68. The molecule has 0 saturated carbocycles. The number of carbonyl (C=O) groups excluding carboxylic acids is 1. The number of thioether (sulfide) groups is 1. The van der Waals surface area contributed by atoms with E-state index in [1.165, 1.54) is 35.2 Å². The zero-order chi connectivity index (χ0) is 15.4. The summed E-state index contributed by atoms with van der Waals surface area (Å²) < 4.78 is 14.4. The van der Waals surface area contributed by atoms with Gasteiger partial charge in [0.15, 0.2) is 10.1 Å². The van der Waals surface area contributed by atoms with Crippen LogP contribution in [0.25, 0.3) is 11.3 Å². The highest BCUT2D eigenvalue weighted by Gasteiger charge is 2.13. The van der Waals surface area contributed by atoms with Crippen LogP contribution in [0.2, 0.25) is 0 Å². The summed E-state index contributed by atoms with van der Waals surface area (Å²) in [4.78, 5) is 16.5. The van der Waals surface area contributed by atoms with Gasteiger partial charge in [0.2, 0.25) is 0 Å². The van der Waals surface area contributed by atoms with Crippen LogP contribution < -0.4 is 0 Å². The number of rotatable bonds is 5. The molecular weight excluding hydrogens is 317 g/mol. The number of Topliss-reactive ketones (excluding diaryl/α,β-unsaturated/α-hetero) is 1. The highest BCUT2D eigenvalue weighted by atomic mass is 32.2.